The summed E-state index contributed by atoms with van der Waals surface area (Å²) in [4.78, 5) is 2.53. The van der Waals surface area contributed by atoms with Gasteiger partial charge in [0.05, 0.1) is 0 Å². The summed E-state index contributed by atoms with van der Waals surface area (Å²) in [5.41, 5.74) is 0. The summed E-state index contributed by atoms with van der Waals surface area (Å²) in [5, 5.41) is 3.79. The van der Waals surface area contributed by atoms with Gasteiger partial charge in [-0.25, -0.2) is 0 Å². The molecule has 0 saturated heterocycles. The Kier molecular flexibility index (Phi) is 9.16. The molecule has 3 heteroatoms. The van der Waals surface area contributed by atoms with Crippen molar-refractivity contribution in [1.29, 1.82) is 0 Å². The quantitative estimate of drug-likeness (QED) is 0.683. The van der Waals surface area contributed by atoms with Gasteiger partial charge in [-0.2, -0.15) is 11.8 Å². The molecular formula is C15H32N2S. The number of nitrogens with one attached hydrogen (secondary N) is 1. The van der Waals surface area contributed by atoms with Crippen LogP contribution in [-0.2, 0) is 0 Å². The molecule has 0 heterocycles. The van der Waals surface area contributed by atoms with Crippen molar-refractivity contribution in [2.24, 2.45) is 5.92 Å². The highest BCUT2D eigenvalue weighted by molar-refractivity contribution is 7.98. The second kappa shape index (κ2) is 10.1. The van der Waals surface area contributed by atoms with Crippen molar-refractivity contribution in [3.63, 3.8) is 0 Å². The lowest BCUT2D eigenvalue weighted by Gasteiger charge is -2.30. The SMILES string of the molecule is CCCNC1CCCCCC1CN(C)CCSC. The van der Waals surface area contributed by atoms with E-state index in [4.69, 9.17) is 0 Å². The molecule has 0 aromatic heterocycles. The van der Waals surface area contributed by atoms with Crippen LogP contribution < -0.4 is 5.32 Å². The molecule has 2 nitrogen and oxygen atoms in total. The minimum Gasteiger partial charge on any atom is -0.314 e. The van der Waals surface area contributed by atoms with Crippen LogP contribution >= 0.6 is 11.8 Å². The van der Waals surface area contributed by atoms with E-state index >= 15 is 0 Å². The molecule has 18 heavy (non-hydrogen) atoms. The number of hydrogen-bond acceptors (Lipinski definition) is 3. The number of nitrogens with zero attached hydrogens (tertiary/aromatic N) is 1. The topological polar surface area (TPSA) is 15.3 Å². The van der Waals surface area contributed by atoms with Crippen LogP contribution in [0.25, 0.3) is 0 Å². The zero-order valence-electron chi connectivity index (χ0n) is 12.6. The van der Waals surface area contributed by atoms with E-state index < -0.39 is 0 Å². The maximum Gasteiger partial charge on any atom is 0.0107 e. The first-order chi connectivity index (χ1) is 8.77. The average Bonchev–Trinajstić information content (AvgIpc) is 2.59. The molecule has 108 valence electrons. The van der Waals surface area contributed by atoms with Crippen molar-refractivity contribution in [2.45, 2.75) is 51.5 Å². The van der Waals surface area contributed by atoms with Crippen LogP contribution in [0.1, 0.15) is 45.4 Å². The van der Waals surface area contributed by atoms with Gasteiger partial charge in [0.25, 0.3) is 0 Å². The summed E-state index contributed by atoms with van der Waals surface area (Å²) < 4.78 is 0. The van der Waals surface area contributed by atoms with Crippen molar-refractivity contribution in [1.82, 2.24) is 10.2 Å². The van der Waals surface area contributed by atoms with Gasteiger partial charge in [0.2, 0.25) is 0 Å². The Bertz CT molecular complexity index is 199. The molecule has 1 fully saturated rings. The predicted octanol–water partition coefficient (Wildman–Crippen LogP) is 3.23. The Morgan fingerprint density at radius 2 is 2.00 bits per heavy atom. The largest absolute Gasteiger partial charge is 0.314 e. The minimum atomic E-state index is 0.768. The Balaban J connectivity index is 2.39. The summed E-state index contributed by atoms with van der Waals surface area (Å²) in [6.07, 6.45) is 10.6. The van der Waals surface area contributed by atoms with Crippen LogP contribution in [0.5, 0.6) is 0 Å². The van der Waals surface area contributed by atoms with E-state index in [2.05, 4.69) is 30.4 Å². The third-order valence-electron chi connectivity index (χ3n) is 4.04. The van der Waals surface area contributed by atoms with E-state index in [1.165, 1.54) is 63.9 Å². The molecule has 1 N–H and O–H groups in total. The van der Waals surface area contributed by atoms with Gasteiger partial charge in [0.15, 0.2) is 0 Å². The van der Waals surface area contributed by atoms with Crippen molar-refractivity contribution in [3.05, 3.63) is 0 Å². The van der Waals surface area contributed by atoms with Crippen molar-refractivity contribution < 1.29 is 0 Å². The van der Waals surface area contributed by atoms with Gasteiger partial charge in [-0.15, -0.1) is 0 Å². The lowest BCUT2D eigenvalue weighted by Crippen LogP contribution is -2.41. The van der Waals surface area contributed by atoms with Crippen molar-refractivity contribution in [2.75, 3.05) is 38.7 Å². The van der Waals surface area contributed by atoms with E-state index in [1.54, 1.807) is 0 Å². The fourth-order valence-electron chi connectivity index (χ4n) is 2.94. The van der Waals surface area contributed by atoms with E-state index in [0.717, 1.165) is 12.0 Å². The van der Waals surface area contributed by atoms with Gasteiger partial charge >= 0.3 is 0 Å². The lowest BCUT2D eigenvalue weighted by atomic mass is 9.94. The molecule has 1 aliphatic carbocycles. The molecule has 0 aromatic rings. The molecule has 0 aromatic carbocycles. The highest BCUT2D eigenvalue weighted by Gasteiger charge is 2.23. The minimum absolute atomic E-state index is 0.768. The lowest BCUT2D eigenvalue weighted by molar-refractivity contribution is 0.232. The van der Waals surface area contributed by atoms with Gasteiger partial charge in [-0.1, -0.05) is 26.2 Å². The fourth-order valence-corrected chi connectivity index (χ4v) is 3.43. The molecule has 2 unspecified atom stereocenters. The molecule has 0 aliphatic heterocycles. The molecule has 1 saturated carbocycles. The third-order valence-corrected chi connectivity index (χ3v) is 4.63. The van der Waals surface area contributed by atoms with Gasteiger partial charge in [-0.05, 0) is 45.0 Å². The first kappa shape index (κ1) is 16.3. The number of rotatable bonds is 8. The molecule has 0 bridgehead atoms. The van der Waals surface area contributed by atoms with Crippen LogP contribution in [0.4, 0.5) is 0 Å². The summed E-state index contributed by atoms with van der Waals surface area (Å²) in [6.45, 7) is 5.97. The van der Waals surface area contributed by atoms with Gasteiger partial charge < -0.3 is 10.2 Å². The Morgan fingerprint density at radius 3 is 2.72 bits per heavy atom. The van der Waals surface area contributed by atoms with Gasteiger partial charge in [0.1, 0.15) is 0 Å². The molecular weight excluding hydrogens is 240 g/mol. The fraction of sp³-hybridized carbons (Fsp3) is 1.00. The van der Waals surface area contributed by atoms with E-state index in [1.807, 2.05) is 11.8 Å². The Labute approximate surface area is 118 Å². The number of thioether (sulfide) groups is 1. The van der Waals surface area contributed by atoms with Crippen LogP contribution in [0.3, 0.4) is 0 Å². The summed E-state index contributed by atoms with van der Waals surface area (Å²) in [5.74, 6) is 2.13. The van der Waals surface area contributed by atoms with Crippen molar-refractivity contribution in [3.8, 4) is 0 Å². The standard InChI is InChI=1S/C15H32N2S/c1-4-10-16-15-9-7-5-6-8-14(15)13-17(2)11-12-18-3/h14-16H,4-13H2,1-3H3. The van der Waals surface area contributed by atoms with E-state index in [-0.39, 0.29) is 0 Å². The monoisotopic (exact) mass is 272 g/mol. The molecule has 2 atom stereocenters. The van der Waals surface area contributed by atoms with E-state index in [9.17, 15) is 0 Å². The zero-order chi connectivity index (χ0) is 13.2. The Morgan fingerprint density at radius 1 is 1.22 bits per heavy atom. The van der Waals surface area contributed by atoms with Crippen molar-refractivity contribution >= 4 is 11.8 Å². The summed E-state index contributed by atoms with van der Waals surface area (Å²) in [6, 6.07) is 0.768. The molecule has 1 aliphatic rings. The molecule has 1 rings (SSSR count). The first-order valence-corrected chi connectivity index (χ1v) is 9.08. The van der Waals surface area contributed by atoms with Crippen LogP contribution in [-0.4, -0.2) is 49.6 Å². The van der Waals surface area contributed by atoms with Crippen LogP contribution in [0.15, 0.2) is 0 Å². The Hall–Kier alpha value is 0.270. The molecule has 0 radical (unpaired) electrons. The maximum atomic E-state index is 3.79. The summed E-state index contributed by atoms with van der Waals surface area (Å²) >= 11 is 1.95. The highest BCUT2D eigenvalue weighted by Crippen LogP contribution is 2.24. The number of hydrogen-bond donors (Lipinski definition) is 1. The van der Waals surface area contributed by atoms with Gasteiger partial charge in [-0.3, -0.25) is 0 Å². The highest BCUT2D eigenvalue weighted by atomic mass is 32.2. The van der Waals surface area contributed by atoms with Crippen LogP contribution in [0.2, 0.25) is 0 Å². The molecule has 0 spiro atoms. The maximum absolute atomic E-state index is 3.79. The van der Waals surface area contributed by atoms with Crippen LogP contribution in [0, 0.1) is 5.92 Å². The van der Waals surface area contributed by atoms with Gasteiger partial charge in [0, 0.05) is 24.9 Å². The predicted molar refractivity (Wildman–Crippen MR) is 84.5 cm³/mol. The smallest absolute Gasteiger partial charge is 0.0107 e. The zero-order valence-corrected chi connectivity index (χ0v) is 13.4. The second-order valence-electron chi connectivity index (χ2n) is 5.71. The second-order valence-corrected chi connectivity index (χ2v) is 6.70. The third kappa shape index (κ3) is 6.44. The first-order valence-electron chi connectivity index (χ1n) is 7.68. The molecule has 0 amide bonds. The summed E-state index contributed by atoms with van der Waals surface area (Å²) in [7, 11) is 2.29. The van der Waals surface area contributed by atoms with E-state index in [0.29, 0.717) is 0 Å². The average molecular weight is 273 g/mol. The normalized spacial score (nSPS) is 25.3.